The van der Waals surface area contributed by atoms with Gasteiger partial charge in [0, 0.05) is 28.3 Å². The number of fused-ring (bicyclic) bond motifs is 2. The minimum Gasteiger partial charge on any atom is -0.236 e. The summed E-state index contributed by atoms with van der Waals surface area (Å²) < 4.78 is 0.879. The van der Waals surface area contributed by atoms with Gasteiger partial charge in [-0.15, -0.1) is 0 Å². The lowest BCUT2D eigenvalue weighted by molar-refractivity contribution is 0.501. The van der Waals surface area contributed by atoms with Crippen molar-refractivity contribution >= 4 is 39.1 Å². The number of hydrogen-bond acceptors (Lipinski definition) is 2. The molecule has 4 heteroatoms. The number of nitrogens with zero attached hydrogens (tertiary/aromatic N) is 2. The Balaban J connectivity index is 2.26. The fraction of sp³-hybridized carbons (Fsp3) is 0.600. The normalized spacial score (nSPS) is 20.8. The second-order valence-corrected chi connectivity index (χ2v) is 7.85. The average Bonchev–Trinajstić information content (AvgIpc) is 2.91. The van der Waals surface area contributed by atoms with Gasteiger partial charge in [-0.25, -0.2) is 9.98 Å². The summed E-state index contributed by atoms with van der Waals surface area (Å²) in [5.74, 6) is 0.833. The first-order valence-corrected chi connectivity index (χ1v) is 7.97. The summed E-state index contributed by atoms with van der Waals surface area (Å²) in [5.41, 5.74) is 2.51. The van der Waals surface area contributed by atoms with E-state index in [0.29, 0.717) is 0 Å². The third-order valence-corrected chi connectivity index (χ3v) is 5.49. The van der Waals surface area contributed by atoms with Gasteiger partial charge in [0.25, 0.3) is 0 Å². The molecular weight excluding hydrogens is 324 g/mol. The molecule has 2 heterocycles. The van der Waals surface area contributed by atoms with Crippen LogP contribution in [0.3, 0.4) is 0 Å². The fourth-order valence-electron chi connectivity index (χ4n) is 3.65. The zero-order valence-electron chi connectivity index (χ0n) is 11.6. The average molecular weight is 342 g/mol. The molecule has 102 valence electrons. The number of aliphatic imine (C=N–C) groups is 1. The summed E-state index contributed by atoms with van der Waals surface area (Å²) in [6.07, 6.45) is 6.55. The minimum atomic E-state index is 0.0292. The minimum absolute atomic E-state index is 0.0292. The predicted molar refractivity (Wildman–Crippen MR) is 83.6 cm³/mol. The highest BCUT2D eigenvalue weighted by Crippen LogP contribution is 2.56. The van der Waals surface area contributed by atoms with Crippen molar-refractivity contribution in [2.24, 2.45) is 10.4 Å². The molecule has 1 fully saturated rings. The van der Waals surface area contributed by atoms with Gasteiger partial charge in [0.1, 0.15) is 0 Å². The van der Waals surface area contributed by atoms with Gasteiger partial charge in [0.15, 0.2) is 5.82 Å². The van der Waals surface area contributed by atoms with E-state index in [1.807, 2.05) is 0 Å². The highest BCUT2D eigenvalue weighted by molar-refractivity contribution is 9.10. The molecule has 0 radical (unpaired) electrons. The van der Waals surface area contributed by atoms with E-state index in [4.69, 9.17) is 16.6 Å². The number of pyridine rings is 1. The molecule has 1 saturated carbocycles. The lowest BCUT2D eigenvalue weighted by atomic mass is 9.68. The van der Waals surface area contributed by atoms with Crippen molar-refractivity contribution in [3.8, 4) is 0 Å². The molecule has 1 aromatic heterocycles. The van der Waals surface area contributed by atoms with Gasteiger partial charge in [-0.1, -0.05) is 45.2 Å². The summed E-state index contributed by atoms with van der Waals surface area (Å²) in [5, 5.41) is 0.801. The summed E-state index contributed by atoms with van der Waals surface area (Å²) in [6, 6.07) is 0. The number of rotatable bonds is 0. The fourth-order valence-corrected chi connectivity index (χ4v) is 4.26. The first-order valence-electron chi connectivity index (χ1n) is 6.80. The van der Waals surface area contributed by atoms with Gasteiger partial charge in [0.05, 0.1) is 9.50 Å². The summed E-state index contributed by atoms with van der Waals surface area (Å²) in [7, 11) is 0. The smallest absolute Gasteiger partial charge is 0.157 e. The molecule has 0 unspecified atom stereocenters. The van der Waals surface area contributed by atoms with Gasteiger partial charge in [-0.3, -0.25) is 0 Å². The topological polar surface area (TPSA) is 25.2 Å². The van der Waals surface area contributed by atoms with E-state index < -0.39 is 0 Å². The summed E-state index contributed by atoms with van der Waals surface area (Å²) in [6.45, 7) is 6.71. The maximum atomic E-state index is 6.56. The molecule has 1 aliphatic carbocycles. The number of halogens is 2. The Kier molecular flexibility index (Phi) is 3.06. The molecule has 0 atom stereocenters. The molecule has 1 aromatic rings. The molecule has 19 heavy (non-hydrogen) atoms. The third kappa shape index (κ3) is 1.89. The predicted octanol–water partition coefficient (Wildman–Crippen LogP) is 5.44. The monoisotopic (exact) mass is 340 g/mol. The maximum Gasteiger partial charge on any atom is 0.157 e. The second-order valence-electron chi connectivity index (χ2n) is 6.62. The van der Waals surface area contributed by atoms with Crippen molar-refractivity contribution < 1.29 is 0 Å². The SMILES string of the molecule is CC(C)(C)C1=Nc2ncc(Br)c(Cl)c2C12CCCC2. The quantitative estimate of drug-likeness (QED) is 0.616. The Morgan fingerprint density at radius 3 is 2.47 bits per heavy atom. The molecule has 0 N–H and O–H groups in total. The zero-order valence-corrected chi connectivity index (χ0v) is 13.9. The number of hydrogen-bond donors (Lipinski definition) is 0. The third-order valence-electron chi connectivity index (χ3n) is 4.27. The van der Waals surface area contributed by atoms with E-state index in [1.54, 1.807) is 6.20 Å². The molecule has 0 saturated heterocycles. The van der Waals surface area contributed by atoms with E-state index in [0.717, 1.165) is 33.7 Å². The Labute approximate surface area is 127 Å². The Morgan fingerprint density at radius 1 is 1.26 bits per heavy atom. The van der Waals surface area contributed by atoms with Crippen LogP contribution in [0.15, 0.2) is 15.7 Å². The molecule has 0 amide bonds. The zero-order chi connectivity index (χ0) is 13.8. The number of aromatic nitrogens is 1. The Morgan fingerprint density at radius 2 is 1.89 bits per heavy atom. The first-order chi connectivity index (χ1) is 8.86. The van der Waals surface area contributed by atoms with Crippen molar-refractivity contribution in [3.63, 3.8) is 0 Å². The lowest BCUT2D eigenvalue weighted by Gasteiger charge is -2.34. The molecule has 1 aliphatic heterocycles. The van der Waals surface area contributed by atoms with Crippen LogP contribution in [0, 0.1) is 5.41 Å². The maximum absolute atomic E-state index is 6.56. The van der Waals surface area contributed by atoms with Crippen LogP contribution < -0.4 is 0 Å². The molecule has 0 bridgehead atoms. The molecule has 2 nitrogen and oxygen atoms in total. The van der Waals surface area contributed by atoms with Crippen LogP contribution in [0.4, 0.5) is 5.82 Å². The van der Waals surface area contributed by atoms with Gasteiger partial charge < -0.3 is 0 Å². The largest absolute Gasteiger partial charge is 0.236 e. The van der Waals surface area contributed by atoms with Gasteiger partial charge in [-0.05, 0) is 28.8 Å². The summed E-state index contributed by atoms with van der Waals surface area (Å²) >= 11 is 10.1. The first kappa shape index (κ1) is 13.6. The van der Waals surface area contributed by atoms with Gasteiger partial charge in [-0.2, -0.15) is 0 Å². The van der Waals surface area contributed by atoms with Crippen LogP contribution in [0.1, 0.15) is 52.0 Å². The van der Waals surface area contributed by atoms with Crippen molar-refractivity contribution in [2.75, 3.05) is 0 Å². The van der Waals surface area contributed by atoms with Gasteiger partial charge in [0.2, 0.25) is 0 Å². The van der Waals surface area contributed by atoms with Gasteiger partial charge >= 0.3 is 0 Å². The molecule has 1 spiro atoms. The molecule has 2 aliphatic rings. The molecule has 0 aromatic carbocycles. The van der Waals surface area contributed by atoms with Crippen LogP contribution in [0.5, 0.6) is 0 Å². The van der Waals surface area contributed by atoms with Crippen molar-refractivity contribution in [1.29, 1.82) is 0 Å². The van der Waals surface area contributed by atoms with E-state index in [1.165, 1.54) is 18.6 Å². The second kappa shape index (κ2) is 4.29. The highest BCUT2D eigenvalue weighted by atomic mass is 79.9. The summed E-state index contributed by atoms with van der Waals surface area (Å²) in [4.78, 5) is 9.34. The van der Waals surface area contributed by atoms with Crippen LogP contribution in [0.2, 0.25) is 5.02 Å². The molecular formula is C15H18BrClN2. The van der Waals surface area contributed by atoms with Crippen molar-refractivity contribution in [1.82, 2.24) is 4.98 Å². The highest BCUT2D eigenvalue weighted by Gasteiger charge is 2.51. The van der Waals surface area contributed by atoms with Crippen molar-refractivity contribution in [3.05, 3.63) is 21.3 Å². The van der Waals surface area contributed by atoms with E-state index in [2.05, 4.69) is 41.7 Å². The van der Waals surface area contributed by atoms with E-state index in [-0.39, 0.29) is 10.8 Å². The van der Waals surface area contributed by atoms with E-state index >= 15 is 0 Å². The van der Waals surface area contributed by atoms with Crippen LogP contribution >= 0.6 is 27.5 Å². The molecule has 3 rings (SSSR count). The van der Waals surface area contributed by atoms with Crippen LogP contribution in [0.25, 0.3) is 0 Å². The van der Waals surface area contributed by atoms with Crippen molar-refractivity contribution in [2.45, 2.75) is 51.9 Å². The standard InChI is InChI=1S/C15H18BrClN2/c1-14(2,3)13-15(6-4-5-7-15)10-11(17)9(16)8-18-12(10)19-13/h8H,4-7H2,1-3H3. The van der Waals surface area contributed by atoms with Crippen LogP contribution in [-0.2, 0) is 5.41 Å². The lowest BCUT2D eigenvalue weighted by Crippen LogP contribution is -2.38. The Hall–Kier alpha value is -0.410. The Bertz CT molecular complexity index is 566. The van der Waals surface area contributed by atoms with Crippen LogP contribution in [-0.4, -0.2) is 10.7 Å². The van der Waals surface area contributed by atoms with E-state index in [9.17, 15) is 0 Å².